The molecular formula is C23H24O8. The molecule has 0 radical (unpaired) electrons. The van der Waals surface area contributed by atoms with E-state index in [9.17, 15) is 15.0 Å². The molecule has 0 aliphatic carbocycles. The number of rotatable bonds is 3. The zero-order valence-electron chi connectivity index (χ0n) is 17.7. The van der Waals surface area contributed by atoms with E-state index >= 15 is 0 Å². The van der Waals surface area contributed by atoms with Gasteiger partial charge in [0.15, 0.2) is 28.8 Å². The molecule has 2 aromatic rings. The van der Waals surface area contributed by atoms with E-state index in [1.807, 2.05) is 13.8 Å². The third-order valence-corrected chi connectivity index (χ3v) is 6.29. The monoisotopic (exact) mass is 428 g/mol. The highest BCUT2D eigenvalue weighted by Crippen LogP contribution is 2.56. The molecule has 3 heterocycles. The number of phenolic OH excluding ortho intramolecular Hbond substituents is 2. The van der Waals surface area contributed by atoms with Gasteiger partial charge in [-0.3, -0.25) is 4.79 Å². The van der Waals surface area contributed by atoms with E-state index in [0.29, 0.717) is 34.8 Å². The van der Waals surface area contributed by atoms with E-state index in [0.717, 1.165) is 0 Å². The lowest BCUT2D eigenvalue weighted by Gasteiger charge is -2.38. The summed E-state index contributed by atoms with van der Waals surface area (Å²) in [6, 6.07) is 3.37. The third kappa shape index (κ3) is 2.70. The largest absolute Gasteiger partial charge is 0.504 e. The molecule has 164 valence electrons. The highest BCUT2D eigenvalue weighted by Gasteiger charge is 2.48. The van der Waals surface area contributed by atoms with Gasteiger partial charge in [-0.1, -0.05) is 13.8 Å². The predicted molar refractivity (Wildman–Crippen MR) is 109 cm³/mol. The second-order valence-electron chi connectivity index (χ2n) is 8.37. The molecule has 2 aromatic carbocycles. The highest BCUT2D eigenvalue weighted by molar-refractivity contribution is 6.09. The Balaban J connectivity index is 1.65. The maximum Gasteiger partial charge on any atom is 0.201 e. The summed E-state index contributed by atoms with van der Waals surface area (Å²) in [5.41, 5.74) is 1.17. The van der Waals surface area contributed by atoms with E-state index < -0.39 is 23.5 Å². The summed E-state index contributed by atoms with van der Waals surface area (Å²) in [7, 11) is 3.03. The molecular weight excluding hydrogens is 404 g/mol. The lowest BCUT2D eigenvalue weighted by Crippen LogP contribution is -2.43. The van der Waals surface area contributed by atoms with Crippen molar-refractivity contribution in [3.8, 4) is 40.2 Å². The number of hydrogen-bond donors (Lipinski definition) is 2. The number of ketones is 1. The maximum absolute atomic E-state index is 13.6. The molecule has 0 saturated heterocycles. The van der Waals surface area contributed by atoms with Crippen molar-refractivity contribution in [1.82, 2.24) is 0 Å². The van der Waals surface area contributed by atoms with Crippen LogP contribution in [0, 0.1) is 5.92 Å². The Kier molecular flexibility index (Phi) is 4.35. The average molecular weight is 428 g/mol. The molecule has 0 aromatic heterocycles. The quantitative estimate of drug-likeness (QED) is 0.719. The minimum Gasteiger partial charge on any atom is -0.504 e. The first-order chi connectivity index (χ1) is 14.8. The number of carbonyl (C=O) groups is 1. The Labute approximate surface area is 179 Å². The normalized spacial score (nSPS) is 23.0. The van der Waals surface area contributed by atoms with Gasteiger partial charge in [-0.2, -0.15) is 0 Å². The van der Waals surface area contributed by atoms with E-state index in [1.54, 1.807) is 12.1 Å². The van der Waals surface area contributed by atoms with Crippen molar-refractivity contribution in [2.75, 3.05) is 20.8 Å². The molecule has 0 saturated carbocycles. The van der Waals surface area contributed by atoms with Gasteiger partial charge in [-0.15, -0.1) is 0 Å². The molecule has 8 nitrogen and oxygen atoms in total. The second-order valence-corrected chi connectivity index (χ2v) is 8.37. The van der Waals surface area contributed by atoms with Gasteiger partial charge >= 0.3 is 0 Å². The molecule has 0 spiro atoms. The Morgan fingerprint density at radius 1 is 1.03 bits per heavy atom. The second kappa shape index (κ2) is 6.87. The fourth-order valence-corrected chi connectivity index (χ4v) is 4.60. The zero-order valence-corrected chi connectivity index (χ0v) is 17.7. The van der Waals surface area contributed by atoms with Gasteiger partial charge in [0.1, 0.15) is 35.9 Å². The molecule has 8 heteroatoms. The van der Waals surface area contributed by atoms with Gasteiger partial charge in [0.05, 0.1) is 20.1 Å². The van der Waals surface area contributed by atoms with E-state index in [1.165, 1.54) is 14.2 Å². The first-order valence-corrected chi connectivity index (χ1v) is 10.2. The molecule has 0 bridgehead atoms. The van der Waals surface area contributed by atoms with Crippen LogP contribution in [0.5, 0.6) is 40.2 Å². The fraction of sp³-hybridized carbons (Fsp3) is 0.435. The van der Waals surface area contributed by atoms with Crippen molar-refractivity contribution in [3.63, 3.8) is 0 Å². The van der Waals surface area contributed by atoms with Crippen LogP contribution in [0.15, 0.2) is 12.1 Å². The smallest absolute Gasteiger partial charge is 0.201 e. The number of aromatic hydroxyl groups is 2. The van der Waals surface area contributed by atoms with Gasteiger partial charge in [0.25, 0.3) is 0 Å². The Morgan fingerprint density at radius 3 is 2.42 bits per heavy atom. The van der Waals surface area contributed by atoms with Crippen LogP contribution in [0.2, 0.25) is 0 Å². The number of hydrogen-bond acceptors (Lipinski definition) is 8. The molecule has 3 atom stereocenters. The van der Waals surface area contributed by atoms with E-state index in [-0.39, 0.29) is 41.5 Å². The maximum atomic E-state index is 13.6. The van der Waals surface area contributed by atoms with Crippen molar-refractivity contribution < 1.29 is 38.7 Å². The summed E-state index contributed by atoms with van der Waals surface area (Å²) in [5, 5.41) is 21.3. The molecule has 0 fully saturated rings. The van der Waals surface area contributed by atoms with Crippen LogP contribution in [0.4, 0.5) is 0 Å². The van der Waals surface area contributed by atoms with Crippen molar-refractivity contribution in [1.29, 1.82) is 0 Å². The molecule has 2 N–H and O–H groups in total. The Morgan fingerprint density at radius 2 is 1.74 bits per heavy atom. The van der Waals surface area contributed by atoms with Crippen LogP contribution in [0.25, 0.3) is 0 Å². The van der Waals surface area contributed by atoms with Gasteiger partial charge < -0.3 is 33.9 Å². The molecule has 5 rings (SSSR count). The average Bonchev–Trinajstić information content (AvgIpc) is 3.22. The summed E-state index contributed by atoms with van der Waals surface area (Å²) in [4.78, 5) is 13.6. The van der Waals surface area contributed by atoms with E-state index in [4.69, 9.17) is 23.7 Å². The SMILES string of the molecule is COc1cc2c(cc1OC)[C@@H]1C(=O)c3c(O)c(O)c4c(c3O[C@@H]1CO2)CC(C(C)C)O4. The van der Waals surface area contributed by atoms with Crippen LogP contribution < -0.4 is 23.7 Å². The molecule has 3 aliphatic heterocycles. The van der Waals surface area contributed by atoms with Crippen molar-refractivity contribution in [3.05, 3.63) is 28.8 Å². The first-order valence-electron chi connectivity index (χ1n) is 10.2. The summed E-state index contributed by atoms with van der Waals surface area (Å²) in [6.45, 7) is 4.17. The number of Topliss-reactive ketones (excluding diaryl/α,β-unsaturated/α-hetero) is 1. The number of methoxy groups -OCH3 is 2. The fourth-order valence-electron chi connectivity index (χ4n) is 4.60. The molecule has 0 amide bonds. The number of fused-ring (bicyclic) bond motifs is 6. The number of carbonyl (C=O) groups excluding carboxylic acids is 1. The minimum atomic E-state index is -0.720. The number of benzene rings is 2. The van der Waals surface area contributed by atoms with Crippen LogP contribution in [-0.2, 0) is 6.42 Å². The first kappa shape index (κ1) is 19.7. The third-order valence-electron chi connectivity index (χ3n) is 6.29. The number of ether oxygens (including phenoxy) is 5. The van der Waals surface area contributed by atoms with Gasteiger partial charge in [-0.25, -0.2) is 0 Å². The molecule has 3 aliphatic rings. The standard InChI is InChI=1S/C23H24O8/c1-9(2)12-6-11-22-18(20(25)21(26)23(11)30-12)19(24)17-10-5-14(27-3)15(28-4)7-13(10)29-8-16(17)31-22/h5,7,9,12,16-17,25-26H,6,8H2,1-4H3/t12?,16-,17+/m1/s1. The topological polar surface area (TPSA) is 104 Å². The van der Waals surface area contributed by atoms with Gasteiger partial charge in [0.2, 0.25) is 5.75 Å². The Bertz CT molecular complexity index is 1090. The van der Waals surface area contributed by atoms with Crippen LogP contribution in [-0.4, -0.2) is 49.0 Å². The molecule has 31 heavy (non-hydrogen) atoms. The van der Waals surface area contributed by atoms with Crippen LogP contribution in [0.3, 0.4) is 0 Å². The molecule has 1 unspecified atom stereocenters. The van der Waals surface area contributed by atoms with Gasteiger partial charge in [-0.05, 0) is 12.0 Å². The van der Waals surface area contributed by atoms with Crippen molar-refractivity contribution in [2.24, 2.45) is 5.92 Å². The lowest BCUT2D eigenvalue weighted by molar-refractivity contribution is 0.0547. The highest BCUT2D eigenvalue weighted by atomic mass is 16.5. The summed E-state index contributed by atoms with van der Waals surface area (Å²) in [5.74, 6) is 0.0716. The minimum absolute atomic E-state index is 0.0202. The van der Waals surface area contributed by atoms with Gasteiger partial charge in [0, 0.05) is 23.6 Å². The lowest BCUT2D eigenvalue weighted by atomic mass is 9.80. The number of phenols is 2. The van der Waals surface area contributed by atoms with Crippen molar-refractivity contribution in [2.45, 2.75) is 38.4 Å². The Hall–Kier alpha value is -3.29. The van der Waals surface area contributed by atoms with E-state index in [2.05, 4.69) is 0 Å². The van der Waals surface area contributed by atoms with Crippen LogP contribution >= 0.6 is 0 Å². The summed E-state index contributed by atoms with van der Waals surface area (Å²) in [6.07, 6.45) is -0.281. The summed E-state index contributed by atoms with van der Waals surface area (Å²) >= 11 is 0. The van der Waals surface area contributed by atoms with Crippen LogP contribution in [0.1, 0.15) is 41.3 Å². The zero-order chi connectivity index (χ0) is 22.0. The van der Waals surface area contributed by atoms with Crippen molar-refractivity contribution >= 4 is 5.78 Å². The predicted octanol–water partition coefficient (Wildman–Crippen LogP) is 3.19. The summed E-state index contributed by atoms with van der Waals surface area (Å²) < 4.78 is 28.7.